The smallest absolute Gasteiger partial charge is 0.262 e. The SMILES string of the molecule is Cc1cc(-c2nc3ccccc3s2)ccc1NC(=O)COc1ccccc1Cl. The van der Waals surface area contributed by atoms with Gasteiger partial charge in [-0.2, -0.15) is 0 Å². The van der Waals surface area contributed by atoms with Crippen LogP contribution in [0.3, 0.4) is 0 Å². The number of hydrogen-bond acceptors (Lipinski definition) is 4. The van der Waals surface area contributed by atoms with Crippen molar-refractivity contribution < 1.29 is 9.53 Å². The number of halogens is 1. The van der Waals surface area contributed by atoms with E-state index in [1.807, 2.05) is 55.5 Å². The lowest BCUT2D eigenvalue weighted by Crippen LogP contribution is -2.20. The molecule has 0 saturated carbocycles. The predicted octanol–water partition coefficient (Wildman–Crippen LogP) is 5.94. The maximum absolute atomic E-state index is 12.2. The van der Waals surface area contributed by atoms with Crippen LogP contribution >= 0.6 is 22.9 Å². The van der Waals surface area contributed by atoms with E-state index in [1.54, 1.807) is 23.5 Å². The quantitative estimate of drug-likeness (QED) is 0.444. The number of rotatable bonds is 5. The Kier molecular flexibility index (Phi) is 5.28. The molecule has 1 N–H and O–H groups in total. The van der Waals surface area contributed by atoms with Gasteiger partial charge < -0.3 is 10.1 Å². The highest BCUT2D eigenvalue weighted by Gasteiger charge is 2.10. The molecule has 0 aliphatic carbocycles. The Balaban J connectivity index is 1.45. The maximum Gasteiger partial charge on any atom is 0.262 e. The molecule has 4 aromatic rings. The summed E-state index contributed by atoms with van der Waals surface area (Å²) in [6.45, 7) is 1.85. The molecule has 0 saturated heterocycles. The zero-order chi connectivity index (χ0) is 19.5. The van der Waals surface area contributed by atoms with Gasteiger partial charge in [-0.25, -0.2) is 4.98 Å². The van der Waals surface area contributed by atoms with Crippen LogP contribution in [0.4, 0.5) is 5.69 Å². The maximum atomic E-state index is 12.2. The number of para-hydroxylation sites is 2. The fourth-order valence-electron chi connectivity index (χ4n) is 2.82. The molecule has 1 amide bonds. The summed E-state index contributed by atoms with van der Waals surface area (Å²) in [5, 5.41) is 4.32. The van der Waals surface area contributed by atoms with Crippen molar-refractivity contribution in [1.29, 1.82) is 0 Å². The average molecular weight is 409 g/mol. The van der Waals surface area contributed by atoms with E-state index >= 15 is 0 Å². The first-order valence-electron chi connectivity index (χ1n) is 8.74. The number of thiazole rings is 1. The Morgan fingerprint density at radius 1 is 1.11 bits per heavy atom. The van der Waals surface area contributed by atoms with Gasteiger partial charge in [0.2, 0.25) is 0 Å². The summed E-state index contributed by atoms with van der Waals surface area (Å²) in [6, 6.07) is 21.0. The molecule has 28 heavy (non-hydrogen) atoms. The van der Waals surface area contributed by atoms with Gasteiger partial charge in [-0.1, -0.05) is 35.9 Å². The zero-order valence-electron chi connectivity index (χ0n) is 15.1. The molecule has 0 unspecified atom stereocenters. The zero-order valence-corrected chi connectivity index (χ0v) is 16.7. The van der Waals surface area contributed by atoms with Crippen LogP contribution in [-0.4, -0.2) is 17.5 Å². The summed E-state index contributed by atoms with van der Waals surface area (Å²) >= 11 is 7.69. The number of anilines is 1. The van der Waals surface area contributed by atoms with E-state index in [9.17, 15) is 4.79 Å². The van der Waals surface area contributed by atoms with Crippen molar-refractivity contribution in [1.82, 2.24) is 4.98 Å². The summed E-state index contributed by atoms with van der Waals surface area (Å²) in [6.07, 6.45) is 0. The predicted molar refractivity (Wildman–Crippen MR) is 115 cm³/mol. The summed E-state index contributed by atoms with van der Waals surface area (Å²) in [7, 11) is 0. The van der Waals surface area contributed by atoms with Crippen LogP contribution in [0.5, 0.6) is 5.75 Å². The Morgan fingerprint density at radius 3 is 2.68 bits per heavy atom. The minimum atomic E-state index is -0.240. The molecule has 0 bridgehead atoms. The second kappa shape index (κ2) is 8.00. The molecule has 4 rings (SSSR count). The molecule has 6 heteroatoms. The largest absolute Gasteiger partial charge is 0.482 e. The molecule has 0 spiro atoms. The summed E-state index contributed by atoms with van der Waals surface area (Å²) in [5.41, 5.74) is 3.73. The lowest BCUT2D eigenvalue weighted by atomic mass is 10.1. The second-order valence-corrected chi connectivity index (χ2v) is 7.72. The molecule has 0 atom stereocenters. The van der Waals surface area contributed by atoms with Gasteiger partial charge in [0, 0.05) is 11.3 Å². The second-order valence-electron chi connectivity index (χ2n) is 6.28. The number of nitrogens with zero attached hydrogens (tertiary/aromatic N) is 1. The highest BCUT2D eigenvalue weighted by atomic mass is 35.5. The van der Waals surface area contributed by atoms with Crippen LogP contribution < -0.4 is 10.1 Å². The molecule has 140 valence electrons. The van der Waals surface area contributed by atoms with Crippen molar-refractivity contribution in [2.24, 2.45) is 0 Å². The van der Waals surface area contributed by atoms with Gasteiger partial charge in [0.25, 0.3) is 5.91 Å². The van der Waals surface area contributed by atoms with Crippen LogP contribution in [-0.2, 0) is 4.79 Å². The molecule has 1 aromatic heterocycles. The van der Waals surface area contributed by atoms with Crippen LogP contribution in [0.1, 0.15) is 5.56 Å². The standard InChI is InChI=1S/C22H17ClN2O2S/c1-14-12-15(22-25-18-7-3-5-9-20(18)28-22)10-11-17(14)24-21(26)13-27-19-8-4-2-6-16(19)23/h2-12H,13H2,1H3,(H,24,26). The molecular formula is C22H17ClN2O2S. The van der Waals surface area contributed by atoms with Gasteiger partial charge in [0.15, 0.2) is 6.61 Å². The van der Waals surface area contributed by atoms with Crippen molar-refractivity contribution in [3.63, 3.8) is 0 Å². The number of aromatic nitrogens is 1. The van der Waals surface area contributed by atoms with Crippen LogP contribution in [0.25, 0.3) is 20.8 Å². The van der Waals surface area contributed by atoms with Crippen molar-refractivity contribution in [3.05, 3.63) is 77.3 Å². The third kappa shape index (κ3) is 4.01. The average Bonchev–Trinajstić information content (AvgIpc) is 3.13. The van der Waals surface area contributed by atoms with E-state index in [0.717, 1.165) is 32.0 Å². The van der Waals surface area contributed by atoms with Gasteiger partial charge >= 0.3 is 0 Å². The Labute approximate surface area is 171 Å². The molecule has 4 nitrogen and oxygen atoms in total. The summed E-state index contributed by atoms with van der Waals surface area (Å²) in [5.74, 6) is 0.248. The lowest BCUT2D eigenvalue weighted by molar-refractivity contribution is -0.118. The molecular weight excluding hydrogens is 392 g/mol. The Morgan fingerprint density at radius 2 is 1.89 bits per heavy atom. The van der Waals surface area contributed by atoms with E-state index in [0.29, 0.717) is 10.8 Å². The van der Waals surface area contributed by atoms with Crippen molar-refractivity contribution in [2.45, 2.75) is 6.92 Å². The summed E-state index contributed by atoms with van der Waals surface area (Å²) < 4.78 is 6.64. The number of benzene rings is 3. The number of carbonyl (C=O) groups is 1. The van der Waals surface area contributed by atoms with Crippen molar-refractivity contribution >= 4 is 44.7 Å². The van der Waals surface area contributed by atoms with Crippen LogP contribution in [0.15, 0.2) is 66.7 Å². The Bertz CT molecular complexity index is 1120. The summed E-state index contributed by atoms with van der Waals surface area (Å²) in [4.78, 5) is 16.9. The number of nitrogens with one attached hydrogen (secondary N) is 1. The number of amides is 1. The number of carbonyl (C=O) groups excluding carboxylic acids is 1. The molecule has 0 aliphatic heterocycles. The molecule has 1 heterocycles. The first-order valence-corrected chi connectivity index (χ1v) is 9.93. The molecule has 0 fully saturated rings. The fraction of sp³-hybridized carbons (Fsp3) is 0.0909. The van der Waals surface area contributed by atoms with Gasteiger partial charge in [-0.15, -0.1) is 11.3 Å². The van der Waals surface area contributed by atoms with E-state index in [2.05, 4.69) is 16.4 Å². The van der Waals surface area contributed by atoms with Crippen LogP contribution in [0, 0.1) is 6.92 Å². The minimum absolute atomic E-state index is 0.108. The monoisotopic (exact) mass is 408 g/mol. The molecule has 0 radical (unpaired) electrons. The fourth-order valence-corrected chi connectivity index (χ4v) is 3.98. The normalized spacial score (nSPS) is 10.8. The van der Waals surface area contributed by atoms with Gasteiger partial charge in [0.05, 0.1) is 15.2 Å². The van der Waals surface area contributed by atoms with E-state index in [4.69, 9.17) is 16.3 Å². The van der Waals surface area contributed by atoms with Crippen molar-refractivity contribution in [2.75, 3.05) is 11.9 Å². The first-order chi connectivity index (χ1) is 13.6. The third-order valence-corrected chi connectivity index (χ3v) is 5.63. The molecule has 0 aliphatic rings. The number of fused-ring (bicyclic) bond motifs is 1. The highest BCUT2D eigenvalue weighted by Crippen LogP contribution is 2.32. The first kappa shape index (κ1) is 18.5. The molecule has 3 aromatic carbocycles. The minimum Gasteiger partial charge on any atom is -0.482 e. The number of hydrogen-bond donors (Lipinski definition) is 1. The lowest BCUT2D eigenvalue weighted by Gasteiger charge is -2.11. The van der Waals surface area contributed by atoms with Gasteiger partial charge in [0.1, 0.15) is 10.8 Å². The topological polar surface area (TPSA) is 51.2 Å². The van der Waals surface area contributed by atoms with E-state index in [1.165, 1.54) is 0 Å². The van der Waals surface area contributed by atoms with E-state index < -0.39 is 0 Å². The number of ether oxygens (including phenoxy) is 1. The van der Waals surface area contributed by atoms with Crippen molar-refractivity contribution in [3.8, 4) is 16.3 Å². The van der Waals surface area contributed by atoms with E-state index in [-0.39, 0.29) is 12.5 Å². The van der Waals surface area contributed by atoms with Gasteiger partial charge in [-0.05, 0) is 55.0 Å². The third-order valence-electron chi connectivity index (χ3n) is 4.24. The van der Waals surface area contributed by atoms with Gasteiger partial charge in [-0.3, -0.25) is 4.79 Å². The highest BCUT2D eigenvalue weighted by molar-refractivity contribution is 7.21. The van der Waals surface area contributed by atoms with Crippen LogP contribution in [0.2, 0.25) is 5.02 Å². The number of aryl methyl sites for hydroxylation is 1. The Hall–Kier alpha value is -2.89.